The molecule has 1 aromatic heterocycles. The number of benzene rings is 2. The minimum absolute atomic E-state index is 0.0303. The van der Waals surface area contributed by atoms with E-state index in [0.717, 1.165) is 28.6 Å². The quantitative estimate of drug-likeness (QED) is 0.301. The molecule has 1 N–H and O–H groups in total. The van der Waals surface area contributed by atoms with E-state index in [-0.39, 0.29) is 15.7 Å². The van der Waals surface area contributed by atoms with Gasteiger partial charge in [0.1, 0.15) is 18.1 Å². The first-order valence-corrected chi connectivity index (χ1v) is 13.3. The van der Waals surface area contributed by atoms with Crippen molar-refractivity contribution in [1.29, 1.82) is 0 Å². The zero-order chi connectivity index (χ0) is 23.8. The van der Waals surface area contributed by atoms with Crippen LogP contribution in [0.5, 0.6) is 5.75 Å². The number of hydrogen-bond acceptors (Lipinski definition) is 8. The monoisotopic (exact) mass is 510 g/mol. The highest BCUT2D eigenvalue weighted by Crippen LogP contribution is 2.27. The van der Waals surface area contributed by atoms with E-state index in [1.807, 2.05) is 13.8 Å². The first kappa shape index (κ1) is 24.9. The van der Waals surface area contributed by atoms with E-state index in [0.29, 0.717) is 16.7 Å². The molecule has 1 amide bonds. The number of ether oxygens (including phenoxy) is 1. The van der Waals surface area contributed by atoms with Gasteiger partial charge in [0.05, 0.1) is 17.2 Å². The molecule has 1 heterocycles. The van der Waals surface area contributed by atoms with Crippen molar-refractivity contribution in [1.82, 2.24) is 10.2 Å². The summed E-state index contributed by atoms with van der Waals surface area (Å²) >= 11 is 2.74. The molecule has 0 fully saturated rings. The molecule has 0 saturated heterocycles. The fourth-order valence-electron chi connectivity index (χ4n) is 2.72. The Kier molecular flexibility index (Phi) is 8.64. The molecule has 2 aromatic carbocycles. The predicted molar refractivity (Wildman–Crippen MR) is 128 cm³/mol. The third-order valence-electron chi connectivity index (χ3n) is 4.21. The number of carbonyl (C=O) groups excluding carboxylic acids is 1. The fourth-order valence-corrected chi connectivity index (χ4v) is 5.84. The van der Waals surface area contributed by atoms with Crippen molar-refractivity contribution in [3.63, 3.8) is 0 Å². The van der Waals surface area contributed by atoms with E-state index in [4.69, 9.17) is 4.74 Å². The van der Waals surface area contributed by atoms with Gasteiger partial charge in [-0.2, -0.15) is 0 Å². The zero-order valence-corrected chi connectivity index (χ0v) is 20.5. The van der Waals surface area contributed by atoms with Gasteiger partial charge in [0, 0.05) is 5.75 Å². The zero-order valence-electron chi connectivity index (χ0n) is 18.0. The van der Waals surface area contributed by atoms with Crippen molar-refractivity contribution in [3.8, 4) is 5.75 Å². The van der Waals surface area contributed by atoms with Crippen LogP contribution in [0.2, 0.25) is 0 Å². The molecular formula is C21H23FN4O4S3. The standard InChI is InChI=1S/C21H23FN4O4S3/c1-3-13-31-21-25-24-20(32-21)23-19(27)14-26(16-7-5-15(22)6-8-16)33(28,29)18-11-9-17(10-12-18)30-4-2/h5-12H,3-4,13-14H2,1-2H3,(H,23,24,27). The van der Waals surface area contributed by atoms with Gasteiger partial charge in [-0.05, 0) is 61.9 Å². The summed E-state index contributed by atoms with van der Waals surface area (Å²) in [5, 5.41) is 10.8. The van der Waals surface area contributed by atoms with Crippen molar-refractivity contribution in [2.45, 2.75) is 29.5 Å². The number of aromatic nitrogens is 2. The number of anilines is 2. The minimum atomic E-state index is -4.14. The second-order valence-corrected chi connectivity index (χ2v) is 10.8. The second kappa shape index (κ2) is 11.4. The van der Waals surface area contributed by atoms with Crippen LogP contribution in [-0.2, 0) is 14.8 Å². The summed E-state index contributed by atoms with van der Waals surface area (Å²) in [6.07, 6.45) is 0.974. The molecule has 0 bridgehead atoms. The average molecular weight is 511 g/mol. The number of carbonyl (C=O) groups is 1. The van der Waals surface area contributed by atoms with Crippen LogP contribution in [0.1, 0.15) is 20.3 Å². The summed E-state index contributed by atoms with van der Waals surface area (Å²) in [6.45, 7) is 3.78. The van der Waals surface area contributed by atoms with Crippen LogP contribution in [0.3, 0.4) is 0 Å². The summed E-state index contributed by atoms with van der Waals surface area (Å²) in [4.78, 5) is 12.7. The maximum Gasteiger partial charge on any atom is 0.264 e. The van der Waals surface area contributed by atoms with Crippen LogP contribution >= 0.6 is 23.1 Å². The molecule has 0 unspecified atom stereocenters. The molecule has 0 spiro atoms. The molecule has 12 heteroatoms. The third-order valence-corrected chi connectivity index (χ3v) is 8.17. The van der Waals surface area contributed by atoms with E-state index >= 15 is 0 Å². The maximum absolute atomic E-state index is 13.5. The largest absolute Gasteiger partial charge is 0.494 e. The third kappa shape index (κ3) is 6.65. The van der Waals surface area contributed by atoms with Crippen LogP contribution in [0.15, 0.2) is 57.8 Å². The minimum Gasteiger partial charge on any atom is -0.494 e. The van der Waals surface area contributed by atoms with Gasteiger partial charge in [0.15, 0.2) is 4.34 Å². The number of amides is 1. The summed E-state index contributed by atoms with van der Waals surface area (Å²) in [7, 11) is -4.14. The van der Waals surface area contributed by atoms with Gasteiger partial charge < -0.3 is 4.74 Å². The summed E-state index contributed by atoms with van der Waals surface area (Å²) < 4.78 is 47.2. The van der Waals surface area contributed by atoms with E-state index in [1.54, 1.807) is 0 Å². The summed E-state index contributed by atoms with van der Waals surface area (Å²) in [5.74, 6) is 0.279. The number of hydrogen-bond donors (Lipinski definition) is 1. The Morgan fingerprint density at radius 3 is 2.45 bits per heavy atom. The van der Waals surface area contributed by atoms with Gasteiger partial charge in [0.25, 0.3) is 10.0 Å². The lowest BCUT2D eigenvalue weighted by Crippen LogP contribution is -2.38. The molecule has 0 saturated carbocycles. The molecule has 0 aliphatic carbocycles. The molecule has 0 atom stereocenters. The number of rotatable bonds is 11. The van der Waals surface area contributed by atoms with E-state index in [2.05, 4.69) is 15.5 Å². The Hall–Kier alpha value is -2.70. The molecular weight excluding hydrogens is 487 g/mol. The molecule has 0 radical (unpaired) electrons. The van der Waals surface area contributed by atoms with Crippen LogP contribution in [-0.4, -0.2) is 43.4 Å². The van der Waals surface area contributed by atoms with E-state index < -0.39 is 28.3 Å². The normalized spacial score (nSPS) is 11.2. The number of nitrogens with one attached hydrogen (secondary N) is 1. The molecule has 0 aliphatic rings. The highest BCUT2D eigenvalue weighted by Gasteiger charge is 2.28. The predicted octanol–water partition coefficient (Wildman–Crippen LogP) is 4.41. The van der Waals surface area contributed by atoms with Gasteiger partial charge in [-0.3, -0.25) is 14.4 Å². The lowest BCUT2D eigenvalue weighted by Gasteiger charge is -2.24. The average Bonchev–Trinajstić information content (AvgIpc) is 3.24. The molecule has 176 valence electrons. The van der Waals surface area contributed by atoms with Crippen LogP contribution < -0.4 is 14.4 Å². The van der Waals surface area contributed by atoms with Gasteiger partial charge in [-0.15, -0.1) is 10.2 Å². The number of halogens is 1. The van der Waals surface area contributed by atoms with Crippen LogP contribution in [0, 0.1) is 5.82 Å². The van der Waals surface area contributed by atoms with E-state index in [9.17, 15) is 17.6 Å². The van der Waals surface area contributed by atoms with Gasteiger partial charge in [-0.1, -0.05) is 30.0 Å². The van der Waals surface area contributed by atoms with Crippen molar-refractivity contribution in [2.24, 2.45) is 0 Å². The van der Waals surface area contributed by atoms with Gasteiger partial charge >= 0.3 is 0 Å². The number of nitrogens with zero attached hydrogens (tertiary/aromatic N) is 3. The summed E-state index contributed by atoms with van der Waals surface area (Å²) in [5.41, 5.74) is 0.150. The lowest BCUT2D eigenvalue weighted by atomic mass is 10.3. The highest BCUT2D eigenvalue weighted by atomic mass is 32.2. The first-order chi connectivity index (χ1) is 15.8. The van der Waals surface area contributed by atoms with Crippen molar-refractivity contribution in [2.75, 3.05) is 28.5 Å². The Labute approximate surface area is 200 Å². The molecule has 8 nitrogen and oxygen atoms in total. The number of thioether (sulfide) groups is 1. The molecule has 3 rings (SSSR count). The smallest absolute Gasteiger partial charge is 0.264 e. The van der Waals surface area contributed by atoms with Crippen LogP contribution in [0.25, 0.3) is 0 Å². The first-order valence-electron chi connectivity index (χ1n) is 10.1. The SMILES string of the molecule is CCCSc1nnc(NC(=O)CN(c2ccc(F)cc2)S(=O)(=O)c2ccc(OCC)cc2)s1. The van der Waals surface area contributed by atoms with Crippen molar-refractivity contribution in [3.05, 3.63) is 54.3 Å². The maximum atomic E-state index is 13.5. The van der Waals surface area contributed by atoms with Crippen molar-refractivity contribution < 1.29 is 22.3 Å². The fraction of sp³-hybridized carbons (Fsp3) is 0.286. The lowest BCUT2D eigenvalue weighted by molar-refractivity contribution is -0.114. The Bertz CT molecular complexity index is 1170. The van der Waals surface area contributed by atoms with Crippen LogP contribution in [0.4, 0.5) is 15.2 Å². The van der Waals surface area contributed by atoms with Crippen molar-refractivity contribution >= 4 is 49.8 Å². The second-order valence-electron chi connectivity index (χ2n) is 6.66. The van der Waals surface area contributed by atoms with Gasteiger partial charge in [0.2, 0.25) is 11.0 Å². The van der Waals surface area contributed by atoms with Gasteiger partial charge in [-0.25, -0.2) is 12.8 Å². The molecule has 33 heavy (non-hydrogen) atoms. The number of sulfonamides is 1. The Morgan fingerprint density at radius 1 is 1.12 bits per heavy atom. The van der Waals surface area contributed by atoms with E-state index in [1.165, 1.54) is 59.5 Å². The molecule has 0 aliphatic heterocycles. The Morgan fingerprint density at radius 2 is 1.82 bits per heavy atom. The Balaban J connectivity index is 1.84. The highest BCUT2D eigenvalue weighted by molar-refractivity contribution is 8.01. The topological polar surface area (TPSA) is 101 Å². The molecule has 3 aromatic rings. The summed E-state index contributed by atoms with van der Waals surface area (Å²) in [6, 6.07) is 10.8.